The summed E-state index contributed by atoms with van der Waals surface area (Å²) >= 11 is 1.84. The zero-order valence-electron chi connectivity index (χ0n) is 35.1. The van der Waals surface area contributed by atoms with Crippen molar-refractivity contribution in [2.24, 2.45) is 0 Å². The largest absolute Gasteiger partial charge is 0.309 e. The normalized spacial score (nSPS) is 12.2. The van der Waals surface area contributed by atoms with Gasteiger partial charge in [0, 0.05) is 48.5 Å². The van der Waals surface area contributed by atoms with Gasteiger partial charge in [-0.15, -0.1) is 0 Å². The number of fused-ring (bicyclic) bond motifs is 8. The van der Waals surface area contributed by atoms with Crippen LogP contribution in [0.4, 0.5) is 17.1 Å². The lowest BCUT2D eigenvalue weighted by atomic mass is 9.99. The third-order valence-electron chi connectivity index (χ3n) is 12.8. The predicted molar refractivity (Wildman–Crippen MR) is 272 cm³/mol. The van der Waals surface area contributed by atoms with Crippen molar-refractivity contribution < 1.29 is 0 Å². The maximum absolute atomic E-state index is 5.32. The van der Waals surface area contributed by atoms with Gasteiger partial charge in [-0.3, -0.25) is 0 Å². The van der Waals surface area contributed by atoms with Gasteiger partial charge in [0.15, 0.2) is 5.82 Å². The molecule has 0 amide bonds. The van der Waals surface area contributed by atoms with Gasteiger partial charge in [0.2, 0.25) is 0 Å². The lowest BCUT2D eigenvalue weighted by Crippen LogP contribution is -2.14. The fourth-order valence-corrected chi connectivity index (χ4v) is 10.8. The molecule has 0 radical (unpaired) electrons. The standard InChI is InChI=1S/C60H38N4S/c1-3-14-39(15-4-1)40-26-28-42(29-27-40)59-49-22-9-10-23-51(49)61-60(62-59)45-17-13-20-47(36-45)64-52-33-31-43(37-50(52)58-48-21-8-7-16-41(48)30-35-55(58)64)44-32-34-54-57(38-44)65-56-25-12-11-24-53(56)63(54)46-18-5-2-6-19-46/h1-38H. The van der Waals surface area contributed by atoms with Crippen LogP contribution in [0.2, 0.25) is 0 Å². The average molecular weight is 847 g/mol. The number of hydrogen-bond acceptors (Lipinski definition) is 4. The van der Waals surface area contributed by atoms with Crippen molar-refractivity contribution in [1.82, 2.24) is 14.5 Å². The highest BCUT2D eigenvalue weighted by Crippen LogP contribution is 2.52. The Morgan fingerprint density at radius 2 is 0.985 bits per heavy atom. The van der Waals surface area contributed by atoms with E-state index in [1.54, 1.807) is 0 Å². The highest BCUT2D eigenvalue weighted by Gasteiger charge is 2.25. The molecular formula is C60H38N4S. The molecule has 2 aromatic heterocycles. The molecule has 0 N–H and O–H groups in total. The van der Waals surface area contributed by atoms with Gasteiger partial charge in [-0.25, -0.2) is 9.97 Å². The number of hydrogen-bond donors (Lipinski definition) is 0. The first-order chi connectivity index (χ1) is 32.2. The van der Waals surface area contributed by atoms with Crippen molar-refractivity contribution in [2.75, 3.05) is 4.90 Å². The zero-order chi connectivity index (χ0) is 42.8. The van der Waals surface area contributed by atoms with E-state index in [9.17, 15) is 0 Å². The summed E-state index contributed by atoms with van der Waals surface area (Å²) in [5.41, 5.74) is 15.5. The van der Waals surface area contributed by atoms with Gasteiger partial charge >= 0.3 is 0 Å². The van der Waals surface area contributed by atoms with Crippen LogP contribution in [0.15, 0.2) is 240 Å². The van der Waals surface area contributed by atoms with E-state index in [2.05, 4.69) is 240 Å². The van der Waals surface area contributed by atoms with Crippen LogP contribution >= 0.6 is 11.8 Å². The van der Waals surface area contributed by atoms with E-state index in [1.807, 2.05) is 11.8 Å². The Balaban J connectivity index is 0.941. The number of benzene rings is 10. The summed E-state index contributed by atoms with van der Waals surface area (Å²) in [5.74, 6) is 0.694. The molecule has 0 saturated heterocycles. The third-order valence-corrected chi connectivity index (χ3v) is 13.9. The molecule has 0 fully saturated rings. The summed E-state index contributed by atoms with van der Waals surface area (Å²) in [6.07, 6.45) is 0. The quantitative estimate of drug-likeness (QED) is 0.167. The minimum absolute atomic E-state index is 0.694. The summed E-state index contributed by atoms with van der Waals surface area (Å²) in [6, 6.07) is 82.8. The van der Waals surface area contributed by atoms with Crippen molar-refractivity contribution in [1.29, 1.82) is 0 Å². The Kier molecular flexibility index (Phi) is 8.74. The Morgan fingerprint density at radius 3 is 1.86 bits per heavy atom. The zero-order valence-corrected chi connectivity index (χ0v) is 36.0. The molecule has 10 aromatic carbocycles. The number of para-hydroxylation sites is 3. The van der Waals surface area contributed by atoms with E-state index in [-0.39, 0.29) is 0 Å². The molecule has 0 atom stereocenters. The molecule has 13 rings (SSSR count). The fourth-order valence-electron chi connectivity index (χ4n) is 9.70. The Hall–Kier alpha value is -8.25. The first-order valence-electron chi connectivity index (χ1n) is 22.0. The first kappa shape index (κ1) is 37.3. The molecule has 5 heteroatoms. The molecule has 4 nitrogen and oxygen atoms in total. The van der Waals surface area contributed by atoms with Gasteiger partial charge in [0.05, 0.1) is 33.6 Å². The maximum Gasteiger partial charge on any atom is 0.160 e. The molecule has 65 heavy (non-hydrogen) atoms. The van der Waals surface area contributed by atoms with Crippen molar-refractivity contribution >= 4 is 72.3 Å². The van der Waals surface area contributed by atoms with Crippen LogP contribution in [0.5, 0.6) is 0 Å². The van der Waals surface area contributed by atoms with Crippen molar-refractivity contribution in [3.8, 4) is 50.6 Å². The molecule has 1 aliphatic rings. The second-order valence-corrected chi connectivity index (χ2v) is 17.7. The summed E-state index contributed by atoms with van der Waals surface area (Å²) in [6.45, 7) is 0. The number of anilines is 3. The van der Waals surface area contributed by atoms with E-state index in [0.717, 1.165) is 50.1 Å². The molecule has 12 aromatic rings. The summed E-state index contributed by atoms with van der Waals surface area (Å²) in [7, 11) is 0. The maximum atomic E-state index is 5.32. The van der Waals surface area contributed by atoms with E-state index in [0.29, 0.717) is 5.82 Å². The minimum atomic E-state index is 0.694. The van der Waals surface area contributed by atoms with Crippen LogP contribution in [0, 0.1) is 0 Å². The molecule has 0 saturated carbocycles. The highest BCUT2D eigenvalue weighted by atomic mass is 32.2. The smallest absolute Gasteiger partial charge is 0.160 e. The number of nitrogens with zero attached hydrogens (tertiary/aromatic N) is 4. The van der Waals surface area contributed by atoms with Gasteiger partial charge < -0.3 is 9.47 Å². The Labute approximate surface area is 380 Å². The first-order valence-corrected chi connectivity index (χ1v) is 22.8. The molecular weight excluding hydrogens is 809 g/mol. The van der Waals surface area contributed by atoms with E-state index in [1.165, 1.54) is 65.0 Å². The van der Waals surface area contributed by atoms with Crippen LogP contribution in [-0.4, -0.2) is 14.5 Å². The van der Waals surface area contributed by atoms with E-state index >= 15 is 0 Å². The van der Waals surface area contributed by atoms with Crippen LogP contribution in [0.1, 0.15) is 0 Å². The fraction of sp³-hybridized carbons (Fsp3) is 0. The molecule has 0 unspecified atom stereocenters. The second-order valence-electron chi connectivity index (χ2n) is 16.6. The molecule has 304 valence electrons. The second kappa shape index (κ2) is 15.2. The average Bonchev–Trinajstić information content (AvgIpc) is 3.72. The number of rotatable bonds is 6. The van der Waals surface area contributed by atoms with Gasteiger partial charge in [-0.05, 0) is 106 Å². The predicted octanol–water partition coefficient (Wildman–Crippen LogP) is 16.5. The monoisotopic (exact) mass is 846 g/mol. The van der Waals surface area contributed by atoms with E-state index in [4.69, 9.17) is 9.97 Å². The van der Waals surface area contributed by atoms with E-state index < -0.39 is 0 Å². The lowest BCUT2D eigenvalue weighted by Gasteiger charge is -2.33. The van der Waals surface area contributed by atoms with Gasteiger partial charge in [0.1, 0.15) is 0 Å². The van der Waals surface area contributed by atoms with Crippen molar-refractivity contribution in [3.63, 3.8) is 0 Å². The van der Waals surface area contributed by atoms with Gasteiger partial charge in [0.25, 0.3) is 0 Å². The summed E-state index contributed by atoms with van der Waals surface area (Å²) in [5, 5.41) is 5.94. The van der Waals surface area contributed by atoms with Crippen LogP contribution in [0.25, 0.3) is 94.1 Å². The topological polar surface area (TPSA) is 34.0 Å². The number of aromatic nitrogens is 3. The highest BCUT2D eigenvalue weighted by molar-refractivity contribution is 7.99. The van der Waals surface area contributed by atoms with Crippen LogP contribution in [-0.2, 0) is 0 Å². The molecule has 3 heterocycles. The summed E-state index contributed by atoms with van der Waals surface area (Å²) in [4.78, 5) is 15.4. The Morgan fingerprint density at radius 1 is 0.354 bits per heavy atom. The Bertz CT molecular complexity index is 3800. The minimum Gasteiger partial charge on any atom is -0.309 e. The summed E-state index contributed by atoms with van der Waals surface area (Å²) < 4.78 is 2.41. The molecule has 1 aliphatic heterocycles. The molecule has 0 aliphatic carbocycles. The molecule has 0 spiro atoms. The SMILES string of the molecule is c1ccc(-c2ccc(-c3nc(-c4cccc(-n5c6ccc(-c7ccc8c(c7)Sc7ccccc7N8c7ccccc7)cc6c6c7ccccc7ccc65)c4)nc4ccccc34)cc2)cc1. The third kappa shape index (κ3) is 6.31. The van der Waals surface area contributed by atoms with Gasteiger partial charge in [-0.2, -0.15) is 0 Å². The molecule has 0 bridgehead atoms. The van der Waals surface area contributed by atoms with Crippen molar-refractivity contribution in [3.05, 3.63) is 231 Å². The van der Waals surface area contributed by atoms with Crippen LogP contribution < -0.4 is 4.90 Å². The van der Waals surface area contributed by atoms with Gasteiger partial charge in [-0.1, -0.05) is 169 Å². The lowest BCUT2D eigenvalue weighted by molar-refractivity contribution is 1.17. The van der Waals surface area contributed by atoms with Crippen molar-refractivity contribution in [2.45, 2.75) is 9.79 Å². The van der Waals surface area contributed by atoms with Crippen LogP contribution in [0.3, 0.4) is 0 Å².